The summed E-state index contributed by atoms with van der Waals surface area (Å²) in [5.74, 6) is 0.221. The van der Waals surface area contributed by atoms with E-state index in [2.05, 4.69) is 41.5 Å². The molecule has 1 unspecified atom stereocenters. The third-order valence-corrected chi connectivity index (χ3v) is 5.82. The van der Waals surface area contributed by atoms with Gasteiger partial charge in [-0.1, -0.05) is 41.0 Å². The molecule has 0 rings (SSSR count). The molecule has 4 nitrogen and oxygen atoms in total. The van der Waals surface area contributed by atoms with Crippen molar-refractivity contribution in [2.45, 2.75) is 73.6 Å². The molecule has 1 amide bonds. The van der Waals surface area contributed by atoms with Crippen molar-refractivity contribution in [2.75, 3.05) is 38.6 Å². The van der Waals surface area contributed by atoms with E-state index in [1.165, 1.54) is 0 Å². The first-order valence-electron chi connectivity index (χ1n) is 10.1. The number of hydrogen-bond acceptors (Lipinski definition) is 3. The summed E-state index contributed by atoms with van der Waals surface area (Å²) >= 11 is 0. The summed E-state index contributed by atoms with van der Waals surface area (Å²) in [6, 6.07) is 0. The van der Waals surface area contributed by atoms with Crippen LogP contribution in [0.1, 0.15) is 73.6 Å². The first-order chi connectivity index (χ1) is 12.0. The zero-order valence-corrected chi connectivity index (χ0v) is 23.2. The van der Waals surface area contributed by atoms with Crippen LogP contribution in [-0.4, -0.2) is 54.3 Å². The number of amides is 1. The van der Waals surface area contributed by atoms with E-state index in [0.29, 0.717) is 19.6 Å². The molecule has 0 heterocycles. The van der Waals surface area contributed by atoms with Gasteiger partial charge in [0.2, 0.25) is 5.91 Å². The molecule has 0 aliphatic heterocycles. The second kappa shape index (κ2) is 16.2. The Morgan fingerprint density at radius 2 is 1.70 bits per heavy atom. The third kappa shape index (κ3) is 18.0. The van der Waals surface area contributed by atoms with Crippen LogP contribution >= 0.6 is 8.15 Å². The third-order valence-electron chi connectivity index (χ3n) is 4.15. The first-order valence-corrected chi connectivity index (χ1v) is 11.8. The van der Waals surface area contributed by atoms with Gasteiger partial charge in [-0.15, -0.1) is 0 Å². The van der Waals surface area contributed by atoms with E-state index in [0.717, 1.165) is 51.1 Å². The molecule has 0 radical (unpaired) electrons. The number of nitrogens with zero attached hydrogens (tertiary/aromatic N) is 1. The smallest absolute Gasteiger partial charge is 0.380 e. The zero-order chi connectivity index (χ0) is 20.2. The van der Waals surface area contributed by atoms with E-state index in [1.807, 2.05) is 11.8 Å². The van der Waals surface area contributed by atoms with Crippen molar-refractivity contribution in [3.8, 4) is 0 Å². The van der Waals surface area contributed by atoms with E-state index in [4.69, 9.17) is 4.74 Å². The molecule has 0 aliphatic carbocycles. The van der Waals surface area contributed by atoms with Gasteiger partial charge in [-0.25, -0.2) is 0 Å². The second-order valence-electron chi connectivity index (χ2n) is 9.24. The largest absolute Gasteiger partial charge is 1.00 e. The minimum Gasteiger partial charge on any atom is -0.380 e. The summed E-state index contributed by atoms with van der Waals surface area (Å²) in [5.41, 5.74) is 0.00869. The van der Waals surface area contributed by atoms with Crippen LogP contribution in [0.4, 0.5) is 0 Å². The van der Waals surface area contributed by atoms with Gasteiger partial charge in [0.25, 0.3) is 0 Å². The molecule has 0 spiro atoms. The van der Waals surface area contributed by atoms with Crippen molar-refractivity contribution >= 4 is 14.1 Å². The van der Waals surface area contributed by atoms with Crippen molar-refractivity contribution in [3.63, 3.8) is 0 Å². The topological polar surface area (TPSA) is 49.8 Å². The number of carbonyl (C=O) groups excluding carboxylic acids is 1. The van der Waals surface area contributed by atoms with Crippen molar-refractivity contribution in [1.82, 2.24) is 4.90 Å². The Balaban J connectivity index is 0. The van der Waals surface area contributed by atoms with Gasteiger partial charge in [-0.3, -0.25) is 4.79 Å². The Kier molecular flexibility index (Phi) is 18.4. The fourth-order valence-corrected chi connectivity index (χ4v) is 3.91. The maximum Gasteiger partial charge on any atom is 1.00 e. The zero-order valence-electron chi connectivity index (χ0n) is 19.1. The van der Waals surface area contributed by atoms with Crippen LogP contribution in [0, 0.1) is 17.8 Å². The van der Waals surface area contributed by atoms with Gasteiger partial charge >= 0.3 is 51.4 Å². The van der Waals surface area contributed by atoms with E-state index in [1.54, 1.807) is 0 Å². The molecule has 0 bridgehead atoms. The molecule has 1 atom stereocenters. The van der Waals surface area contributed by atoms with Crippen LogP contribution in [0.15, 0.2) is 0 Å². The van der Waals surface area contributed by atoms with Crippen molar-refractivity contribution in [2.24, 2.45) is 10.8 Å². The summed E-state index contributed by atoms with van der Waals surface area (Å²) in [7, 11) is -0.819. The number of unbranched alkanes of at least 4 members (excludes halogenated alkanes) is 2. The predicted octanol–water partition coefficient (Wildman–Crippen LogP) is 2.10. The van der Waals surface area contributed by atoms with Crippen molar-refractivity contribution < 1.29 is 65.8 Å². The van der Waals surface area contributed by atoms with Crippen LogP contribution in [0.3, 0.4) is 0 Å². The molecular weight excluding hydrogens is 384 g/mol. The molecule has 0 aromatic carbocycles. The predicted molar refractivity (Wildman–Crippen MR) is 114 cm³/mol. The molecule has 0 fully saturated rings. The number of carbonyl (C=O) groups is 1. The van der Waals surface area contributed by atoms with E-state index in [-0.39, 0.29) is 68.1 Å². The van der Waals surface area contributed by atoms with Gasteiger partial charge in [-0.05, 0) is 42.9 Å². The average molecular weight is 428 g/mol. The maximum absolute atomic E-state index is 12.6. The normalized spacial score (nSPS) is 13.2. The van der Waals surface area contributed by atoms with Crippen molar-refractivity contribution in [3.05, 3.63) is 6.92 Å². The van der Waals surface area contributed by atoms with Gasteiger partial charge in [0.15, 0.2) is 0 Å². The van der Waals surface area contributed by atoms with Gasteiger partial charge < -0.3 is 21.5 Å². The molecule has 156 valence electrons. The van der Waals surface area contributed by atoms with Crippen LogP contribution in [0.2, 0.25) is 0 Å². The monoisotopic (exact) mass is 427 g/mol. The fraction of sp³-hybridized carbons (Fsp3) is 0.905. The van der Waals surface area contributed by atoms with Gasteiger partial charge in [0.05, 0.1) is 13.2 Å². The van der Waals surface area contributed by atoms with E-state index < -0.39 is 8.15 Å². The van der Waals surface area contributed by atoms with Crippen molar-refractivity contribution in [1.29, 1.82) is 0 Å². The van der Waals surface area contributed by atoms with Gasteiger partial charge in [0.1, 0.15) is 0 Å². The van der Waals surface area contributed by atoms with Gasteiger partial charge in [-0.2, -0.15) is 6.42 Å². The standard InChI is InChI=1S/C21H43NO3P.K/c1-8-14-26(24)15-12-10-11-13-22(9-2)19(23)16-21(6,7)18-25-17-20(3,4)5;/h24H,1,8-18H2,2-7H3;/q-1;+1. The van der Waals surface area contributed by atoms with E-state index in [9.17, 15) is 9.69 Å². The minimum atomic E-state index is -0.819. The summed E-state index contributed by atoms with van der Waals surface area (Å²) in [5, 5.41) is 0. The minimum absolute atomic E-state index is 0. The van der Waals surface area contributed by atoms with Crippen LogP contribution < -0.4 is 51.4 Å². The number of ether oxygens (including phenoxy) is 1. The second-order valence-corrected chi connectivity index (χ2v) is 11.1. The molecule has 0 aromatic heterocycles. The summed E-state index contributed by atoms with van der Waals surface area (Å²) < 4.78 is 5.84. The first kappa shape index (κ1) is 30.6. The van der Waals surface area contributed by atoms with Crippen LogP contribution in [0.5, 0.6) is 0 Å². The quantitative estimate of drug-likeness (QED) is 0.200. The van der Waals surface area contributed by atoms with Gasteiger partial charge in [0, 0.05) is 27.7 Å². The fourth-order valence-electron chi connectivity index (χ4n) is 2.73. The molecular formula is C21H43KNO3P. The molecule has 6 heteroatoms. The molecule has 0 aliphatic rings. The van der Waals surface area contributed by atoms with E-state index >= 15 is 0 Å². The Morgan fingerprint density at radius 1 is 1.07 bits per heavy atom. The Bertz CT molecular complexity index is 386. The summed E-state index contributed by atoms with van der Waals surface area (Å²) in [6.07, 6.45) is 6.21. The molecule has 1 N–H and O–H groups in total. The Hall–Kier alpha value is 1.46. The van der Waals surface area contributed by atoms with Crippen LogP contribution in [-0.2, 0) is 9.53 Å². The number of rotatable bonds is 14. The maximum atomic E-state index is 12.6. The summed E-state index contributed by atoms with van der Waals surface area (Å²) in [6.45, 7) is 19.4. The Morgan fingerprint density at radius 3 is 2.22 bits per heavy atom. The molecule has 0 saturated heterocycles. The average Bonchev–Trinajstić information content (AvgIpc) is 2.48. The molecule has 0 aromatic rings. The number of hydrogen-bond donors (Lipinski definition) is 1. The SMILES string of the molecule is [CH2-]CCP(O)CCCCCN(CC)C(=O)CC(C)(C)COCC(C)(C)C.[K+]. The summed E-state index contributed by atoms with van der Waals surface area (Å²) in [4.78, 5) is 24.4. The van der Waals surface area contributed by atoms with Crippen LogP contribution in [0.25, 0.3) is 0 Å². The Labute approximate surface area is 212 Å². The molecule has 0 saturated carbocycles. The molecule has 27 heavy (non-hydrogen) atoms.